The minimum atomic E-state index is -1.33. The van der Waals surface area contributed by atoms with E-state index in [-0.39, 0.29) is 15.9 Å². The van der Waals surface area contributed by atoms with Crippen molar-refractivity contribution in [3.63, 3.8) is 0 Å². The number of carbonyl (C=O) groups excluding carboxylic acids is 1. The summed E-state index contributed by atoms with van der Waals surface area (Å²) in [4.78, 5) is 24.7. The van der Waals surface area contributed by atoms with Crippen molar-refractivity contribution in [1.82, 2.24) is 35.0 Å². The first-order valence-corrected chi connectivity index (χ1v) is 7.11. The molecule has 0 fully saturated rings. The number of tetrazole rings is 1. The molecule has 0 saturated heterocycles. The van der Waals surface area contributed by atoms with Gasteiger partial charge >= 0.3 is 5.95 Å². The third-order valence-electron chi connectivity index (χ3n) is 2.83. The second-order valence-electron chi connectivity index (χ2n) is 4.39. The molecule has 3 aromatic rings. The van der Waals surface area contributed by atoms with Crippen LogP contribution in [0.4, 0.5) is 5.95 Å². The van der Waals surface area contributed by atoms with E-state index in [0.29, 0.717) is 5.69 Å². The number of hydrogen-bond donors (Lipinski definition) is 0. The van der Waals surface area contributed by atoms with Gasteiger partial charge in [-0.2, -0.15) is 9.36 Å². The molecule has 13 heteroatoms. The van der Waals surface area contributed by atoms with E-state index in [4.69, 9.17) is 0 Å². The molecule has 0 aliphatic carbocycles. The van der Waals surface area contributed by atoms with Gasteiger partial charge < -0.3 is 20.0 Å². The number of aromatic nitrogens is 7. The van der Waals surface area contributed by atoms with Crippen LogP contribution in [0, 0.1) is 10.1 Å². The molecule has 0 N–H and O–H groups in total. The summed E-state index contributed by atoms with van der Waals surface area (Å²) < 4.78 is 2.50. The number of nitro groups is 1. The van der Waals surface area contributed by atoms with E-state index >= 15 is 0 Å². The molecule has 2 heterocycles. The normalized spacial score (nSPS) is 10.7. The SMILES string of the molecule is Cn1nc([N+](=O)[O-])nc1Sc1nnnn1-c1cccc(C(=O)[O-])c1. The van der Waals surface area contributed by atoms with E-state index in [1.54, 1.807) is 6.07 Å². The van der Waals surface area contributed by atoms with Crippen LogP contribution in [0.25, 0.3) is 5.69 Å². The van der Waals surface area contributed by atoms with Crippen molar-refractivity contribution >= 4 is 23.7 Å². The zero-order valence-electron chi connectivity index (χ0n) is 11.9. The molecule has 3 rings (SSSR count). The van der Waals surface area contributed by atoms with Crippen LogP contribution in [0.5, 0.6) is 0 Å². The molecule has 0 aliphatic rings. The van der Waals surface area contributed by atoms with Gasteiger partial charge in [0.2, 0.25) is 5.16 Å². The van der Waals surface area contributed by atoms with E-state index < -0.39 is 16.8 Å². The van der Waals surface area contributed by atoms with Crippen LogP contribution in [0.2, 0.25) is 0 Å². The summed E-state index contributed by atoms with van der Waals surface area (Å²) in [5.41, 5.74) is 0.356. The molecule has 122 valence electrons. The summed E-state index contributed by atoms with van der Waals surface area (Å²) in [5.74, 6) is -1.87. The zero-order valence-corrected chi connectivity index (χ0v) is 12.7. The van der Waals surface area contributed by atoms with Gasteiger partial charge in [-0.15, -0.1) is 5.10 Å². The molecule has 0 atom stereocenters. The van der Waals surface area contributed by atoms with Gasteiger partial charge in [-0.05, 0) is 38.0 Å². The highest BCUT2D eigenvalue weighted by Crippen LogP contribution is 2.26. The van der Waals surface area contributed by atoms with Gasteiger partial charge in [-0.3, -0.25) is 0 Å². The summed E-state index contributed by atoms with van der Waals surface area (Å²) in [6, 6.07) is 5.84. The Hall–Kier alpha value is -3.35. The molecule has 12 nitrogen and oxygen atoms in total. The van der Waals surface area contributed by atoms with Gasteiger partial charge in [-0.1, -0.05) is 12.1 Å². The van der Waals surface area contributed by atoms with E-state index in [1.807, 2.05) is 0 Å². The highest BCUT2D eigenvalue weighted by Gasteiger charge is 2.23. The minimum absolute atomic E-state index is 0.0340. The van der Waals surface area contributed by atoms with Crippen molar-refractivity contribution in [3.05, 3.63) is 39.9 Å². The fourth-order valence-electron chi connectivity index (χ4n) is 1.77. The molecule has 0 spiro atoms. The van der Waals surface area contributed by atoms with Crippen molar-refractivity contribution in [3.8, 4) is 5.69 Å². The molecular formula is C11H7N8O4S-. The quantitative estimate of drug-likeness (QED) is 0.423. The van der Waals surface area contributed by atoms with Crippen molar-refractivity contribution in [2.24, 2.45) is 7.05 Å². The lowest BCUT2D eigenvalue weighted by molar-refractivity contribution is -0.394. The molecular weight excluding hydrogens is 340 g/mol. The lowest BCUT2D eigenvalue weighted by Crippen LogP contribution is -2.22. The summed E-state index contributed by atoms with van der Waals surface area (Å²) in [5, 5.41) is 36.9. The fraction of sp³-hybridized carbons (Fsp3) is 0.0909. The maximum Gasteiger partial charge on any atom is 0.492 e. The Morgan fingerprint density at radius 3 is 2.79 bits per heavy atom. The predicted octanol–water partition coefficient (Wildman–Crippen LogP) is -0.786. The third kappa shape index (κ3) is 2.91. The number of benzene rings is 1. The summed E-state index contributed by atoms with van der Waals surface area (Å²) in [7, 11) is 1.49. The molecule has 0 bridgehead atoms. The third-order valence-corrected chi connectivity index (χ3v) is 3.80. The van der Waals surface area contributed by atoms with Crippen LogP contribution in [-0.2, 0) is 7.05 Å². The van der Waals surface area contributed by atoms with E-state index in [1.165, 1.54) is 34.6 Å². The average molecular weight is 347 g/mol. The van der Waals surface area contributed by atoms with Crippen LogP contribution < -0.4 is 5.11 Å². The lowest BCUT2D eigenvalue weighted by Gasteiger charge is -2.06. The molecule has 2 aromatic heterocycles. The first-order chi connectivity index (χ1) is 11.5. The number of rotatable bonds is 5. The Morgan fingerprint density at radius 2 is 2.12 bits per heavy atom. The second kappa shape index (κ2) is 6.04. The van der Waals surface area contributed by atoms with Gasteiger partial charge in [0.1, 0.15) is 0 Å². The number of aromatic carboxylic acids is 1. The van der Waals surface area contributed by atoms with E-state index in [2.05, 4.69) is 25.6 Å². The minimum Gasteiger partial charge on any atom is -0.545 e. The van der Waals surface area contributed by atoms with Gasteiger partial charge in [0, 0.05) is 23.9 Å². The molecule has 0 saturated carbocycles. The number of carboxylic acid groups (broad SMARTS) is 1. The number of carbonyl (C=O) groups is 1. The van der Waals surface area contributed by atoms with Gasteiger partial charge in [-0.25, -0.2) is 0 Å². The van der Waals surface area contributed by atoms with Crippen molar-refractivity contribution < 1.29 is 14.8 Å². The number of carboxylic acids is 1. The molecule has 0 amide bonds. The summed E-state index contributed by atoms with van der Waals surface area (Å²) in [6.45, 7) is 0. The monoisotopic (exact) mass is 347 g/mol. The van der Waals surface area contributed by atoms with Crippen molar-refractivity contribution in [2.45, 2.75) is 10.3 Å². The standard InChI is InChI=1S/C11H8N8O4S/c1-17-10(12-9(14-17)19(22)23)24-11-13-15-16-18(11)7-4-2-3-6(5-7)8(20)21/h2-5H,1H3,(H,20,21)/p-1. The summed E-state index contributed by atoms with van der Waals surface area (Å²) in [6.07, 6.45) is 0. The Bertz CT molecular complexity index is 936. The Balaban J connectivity index is 1.95. The zero-order chi connectivity index (χ0) is 17.3. The highest BCUT2D eigenvalue weighted by molar-refractivity contribution is 7.99. The fourth-order valence-corrected chi connectivity index (χ4v) is 2.54. The Morgan fingerprint density at radius 1 is 1.33 bits per heavy atom. The topological polar surface area (TPSA) is 158 Å². The molecule has 24 heavy (non-hydrogen) atoms. The average Bonchev–Trinajstić information content (AvgIpc) is 3.15. The van der Waals surface area contributed by atoms with E-state index in [9.17, 15) is 20.0 Å². The first kappa shape index (κ1) is 15.5. The van der Waals surface area contributed by atoms with E-state index in [0.717, 1.165) is 11.8 Å². The predicted molar refractivity (Wildman–Crippen MR) is 75.3 cm³/mol. The van der Waals surface area contributed by atoms with Gasteiger partial charge in [0.15, 0.2) is 0 Å². The van der Waals surface area contributed by atoms with Crippen molar-refractivity contribution in [2.75, 3.05) is 0 Å². The smallest absolute Gasteiger partial charge is 0.492 e. The summed E-state index contributed by atoms with van der Waals surface area (Å²) >= 11 is 0.944. The van der Waals surface area contributed by atoms with Crippen LogP contribution in [0.1, 0.15) is 10.4 Å². The lowest BCUT2D eigenvalue weighted by atomic mass is 10.2. The van der Waals surface area contributed by atoms with Crippen molar-refractivity contribution in [1.29, 1.82) is 0 Å². The first-order valence-electron chi connectivity index (χ1n) is 6.29. The maximum atomic E-state index is 10.9. The molecule has 0 unspecified atom stereocenters. The molecule has 0 radical (unpaired) electrons. The van der Waals surface area contributed by atoms with Gasteiger partial charge in [0.25, 0.3) is 5.16 Å². The highest BCUT2D eigenvalue weighted by atomic mass is 32.2. The Labute approximate surface area is 137 Å². The molecule has 1 aromatic carbocycles. The number of nitrogens with zero attached hydrogens (tertiary/aromatic N) is 8. The number of hydrogen-bond acceptors (Lipinski definition) is 10. The van der Waals surface area contributed by atoms with Crippen LogP contribution >= 0.6 is 11.8 Å². The largest absolute Gasteiger partial charge is 0.545 e. The Kier molecular flexibility index (Phi) is 3.91. The molecule has 0 aliphatic heterocycles. The van der Waals surface area contributed by atoms with Gasteiger partial charge in [0.05, 0.1) is 11.7 Å². The second-order valence-corrected chi connectivity index (χ2v) is 5.32. The van der Waals surface area contributed by atoms with Crippen LogP contribution in [-0.4, -0.2) is 45.9 Å². The number of aryl methyl sites for hydroxylation is 1. The van der Waals surface area contributed by atoms with Crippen LogP contribution in [0.15, 0.2) is 34.6 Å². The maximum absolute atomic E-state index is 10.9. The van der Waals surface area contributed by atoms with Crippen LogP contribution in [0.3, 0.4) is 0 Å².